The van der Waals surface area contributed by atoms with Crippen molar-refractivity contribution in [1.82, 2.24) is 0 Å². The van der Waals surface area contributed by atoms with Crippen LogP contribution in [-0.2, 0) is 4.79 Å². The smallest absolute Gasteiger partial charge is 0.136 e. The Hall–Kier alpha value is -0.590. The van der Waals surface area contributed by atoms with Crippen LogP contribution in [0.15, 0.2) is 12.2 Å². The summed E-state index contributed by atoms with van der Waals surface area (Å²) in [7, 11) is 0. The Bertz CT molecular complexity index is 205. The number of carbonyl (C=O) groups excluding carboxylic acids is 1. The summed E-state index contributed by atoms with van der Waals surface area (Å²) in [5.41, 5.74) is 0. The van der Waals surface area contributed by atoms with Gasteiger partial charge in [-0.25, -0.2) is 0 Å². The fraction of sp³-hybridized carbons (Fsp3) is 0.769. The van der Waals surface area contributed by atoms with Crippen LogP contribution < -0.4 is 0 Å². The quantitative estimate of drug-likeness (QED) is 0.623. The molecule has 0 N–H and O–H groups in total. The van der Waals surface area contributed by atoms with Gasteiger partial charge in [0.2, 0.25) is 0 Å². The normalized spacial score (nSPS) is 28.6. The Morgan fingerprint density at radius 2 is 2.29 bits per heavy atom. The minimum atomic E-state index is 0.330. The van der Waals surface area contributed by atoms with Crippen LogP contribution in [0.3, 0.4) is 0 Å². The van der Waals surface area contributed by atoms with Gasteiger partial charge in [-0.3, -0.25) is 4.79 Å². The molecule has 0 heterocycles. The molecule has 0 amide bonds. The van der Waals surface area contributed by atoms with Crippen LogP contribution in [0.1, 0.15) is 52.4 Å². The molecule has 0 saturated heterocycles. The summed E-state index contributed by atoms with van der Waals surface area (Å²) in [6.45, 7) is 4.26. The molecule has 2 unspecified atom stereocenters. The lowest BCUT2D eigenvalue weighted by atomic mass is 9.77. The number of allylic oxidation sites excluding steroid dienone is 2. The van der Waals surface area contributed by atoms with E-state index in [4.69, 9.17) is 0 Å². The van der Waals surface area contributed by atoms with E-state index >= 15 is 0 Å². The van der Waals surface area contributed by atoms with Gasteiger partial charge in [-0.2, -0.15) is 0 Å². The molecule has 14 heavy (non-hydrogen) atoms. The van der Waals surface area contributed by atoms with Gasteiger partial charge in [0, 0.05) is 12.3 Å². The van der Waals surface area contributed by atoms with Crippen LogP contribution in [0.5, 0.6) is 0 Å². The van der Waals surface area contributed by atoms with Crippen LogP contribution in [0, 0.1) is 11.8 Å². The predicted molar refractivity (Wildman–Crippen MR) is 60.2 cm³/mol. The van der Waals surface area contributed by atoms with E-state index in [1.54, 1.807) is 0 Å². The maximum atomic E-state index is 11.6. The Balaban J connectivity index is 2.42. The number of Topliss-reactive ketones (excluding diaryl/α,β-unsaturated/α-hetero) is 1. The molecular formula is C13H22O. The maximum Gasteiger partial charge on any atom is 0.136 e. The lowest BCUT2D eigenvalue weighted by molar-refractivity contribution is -0.125. The molecule has 80 valence electrons. The molecule has 1 saturated carbocycles. The number of hydrogen-bond donors (Lipinski definition) is 0. The van der Waals surface area contributed by atoms with Crippen LogP contribution in [0.25, 0.3) is 0 Å². The van der Waals surface area contributed by atoms with E-state index in [9.17, 15) is 4.79 Å². The summed E-state index contributed by atoms with van der Waals surface area (Å²) in [4.78, 5) is 11.6. The van der Waals surface area contributed by atoms with E-state index in [0.717, 1.165) is 31.6 Å². The van der Waals surface area contributed by atoms with Gasteiger partial charge in [0.15, 0.2) is 0 Å². The largest absolute Gasteiger partial charge is 0.299 e. The van der Waals surface area contributed by atoms with Crippen LogP contribution in [0.2, 0.25) is 0 Å². The highest BCUT2D eigenvalue weighted by molar-refractivity contribution is 5.81. The average molecular weight is 194 g/mol. The average Bonchev–Trinajstić information content (AvgIpc) is 2.19. The lowest BCUT2D eigenvalue weighted by Gasteiger charge is -2.27. The summed E-state index contributed by atoms with van der Waals surface area (Å²) in [5, 5.41) is 0. The monoisotopic (exact) mass is 194 g/mol. The third-order valence-electron chi connectivity index (χ3n) is 3.23. The second-order valence-corrected chi connectivity index (χ2v) is 4.40. The third kappa shape index (κ3) is 3.28. The minimum absolute atomic E-state index is 0.330. The summed E-state index contributed by atoms with van der Waals surface area (Å²) < 4.78 is 0. The Kier molecular flexibility index (Phi) is 4.92. The zero-order valence-corrected chi connectivity index (χ0v) is 9.46. The van der Waals surface area contributed by atoms with Crippen molar-refractivity contribution in [3.05, 3.63) is 12.2 Å². The highest BCUT2D eigenvalue weighted by Gasteiger charge is 2.26. The molecule has 1 rings (SSSR count). The van der Waals surface area contributed by atoms with Gasteiger partial charge in [0.1, 0.15) is 5.78 Å². The highest BCUT2D eigenvalue weighted by Crippen LogP contribution is 2.31. The van der Waals surface area contributed by atoms with Gasteiger partial charge in [0.25, 0.3) is 0 Å². The standard InChI is InChI=1S/C13H22O/c1-3-5-7-12-10-11(6-4-2)8-9-13(12)14/h3,5,11-12H,4,6-10H2,1-2H3. The summed E-state index contributed by atoms with van der Waals surface area (Å²) in [5.74, 6) is 1.64. The van der Waals surface area contributed by atoms with E-state index < -0.39 is 0 Å². The van der Waals surface area contributed by atoms with Crippen molar-refractivity contribution in [2.75, 3.05) is 0 Å². The van der Waals surface area contributed by atoms with E-state index in [1.807, 2.05) is 6.92 Å². The maximum absolute atomic E-state index is 11.6. The van der Waals surface area contributed by atoms with Crippen molar-refractivity contribution in [2.45, 2.75) is 52.4 Å². The topological polar surface area (TPSA) is 17.1 Å². The van der Waals surface area contributed by atoms with Gasteiger partial charge >= 0.3 is 0 Å². The molecule has 0 aromatic carbocycles. The van der Waals surface area contributed by atoms with Crippen molar-refractivity contribution in [1.29, 1.82) is 0 Å². The first-order valence-electron chi connectivity index (χ1n) is 5.91. The second-order valence-electron chi connectivity index (χ2n) is 4.40. The van der Waals surface area contributed by atoms with Crippen molar-refractivity contribution >= 4 is 5.78 Å². The molecule has 0 bridgehead atoms. The lowest BCUT2D eigenvalue weighted by Crippen LogP contribution is -2.24. The molecule has 1 heteroatoms. The van der Waals surface area contributed by atoms with Crippen LogP contribution >= 0.6 is 0 Å². The fourth-order valence-corrected chi connectivity index (χ4v) is 2.40. The molecular weight excluding hydrogens is 172 g/mol. The molecule has 1 nitrogen and oxygen atoms in total. The Morgan fingerprint density at radius 1 is 1.50 bits per heavy atom. The molecule has 1 fully saturated rings. The molecule has 0 aliphatic heterocycles. The van der Waals surface area contributed by atoms with E-state index in [0.29, 0.717) is 11.7 Å². The van der Waals surface area contributed by atoms with Crippen LogP contribution in [-0.4, -0.2) is 5.78 Å². The fourth-order valence-electron chi connectivity index (χ4n) is 2.40. The van der Waals surface area contributed by atoms with Gasteiger partial charge < -0.3 is 0 Å². The van der Waals surface area contributed by atoms with Crippen molar-refractivity contribution < 1.29 is 4.79 Å². The summed E-state index contributed by atoms with van der Waals surface area (Å²) >= 11 is 0. The van der Waals surface area contributed by atoms with Gasteiger partial charge in [-0.05, 0) is 32.1 Å². The molecule has 1 aliphatic carbocycles. The van der Waals surface area contributed by atoms with E-state index in [-0.39, 0.29) is 0 Å². The second kappa shape index (κ2) is 6.00. The van der Waals surface area contributed by atoms with E-state index in [1.165, 1.54) is 12.8 Å². The van der Waals surface area contributed by atoms with Crippen molar-refractivity contribution in [3.63, 3.8) is 0 Å². The SMILES string of the molecule is CC=CCC1CC(CCC)CCC1=O. The predicted octanol–water partition coefficient (Wildman–Crippen LogP) is 3.74. The summed E-state index contributed by atoms with van der Waals surface area (Å²) in [6.07, 6.45) is 10.8. The first-order valence-corrected chi connectivity index (χ1v) is 5.91. The first-order chi connectivity index (χ1) is 6.77. The highest BCUT2D eigenvalue weighted by atomic mass is 16.1. The molecule has 0 spiro atoms. The van der Waals surface area contributed by atoms with Gasteiger partial charge in [-0.1, -0.05) is 31.9 Å². The molecule has 1 aliphatic rings. The van der Waals surface area contributed by atoms with E-state index in [2.05, 4.69) is 19.1 Å². The minimum Gasteiger partial charge on any atom is -0.299 e. The zero-order valence-electron chi connectivity index (χ0n) is 9.46. The van der Waals surface area contributed by atoms with Gasteiger partial charge in [0.05, 0.1) is 0 Å². The van der Waals surface area contributed by atoms with Crippen LogP contribution in [0.4, 0.5) is 0 Å². The van der Waals surface area contributed by atoms with Crippen molar-refractivity contribution in [3.8, 4) is 0 Å². The first kappa shape index (κ1) is 11.5. The number of hydrogen-bond acceptors (Lipinski definition) is 1. The Labute approximate surface area is 87.6 Å². The summed E-state index contributed by atoms with van der Waals surface area (Å²) in [6, 6.07) is 0. The van der Waals surface area contributed by atoms with Gasteiger partial charge in [-0.15, -0.1) is 0 Å². The number of carbonyl (C=O) groups is 1. The molecule has 0 aromatic rings. The number of ketones is 1. The van der Waals surface area contributed by atoms with Crippen molar-refractivity contribution in [2.24, 2.45) is 11.8 Å². The Morgan fingerprint density at radius 3 is 2.93 bits per heavy atom. The number of rotatable bonds is 4. The third-order valence-corrected chi connectivity index (χ3v) is 3.23. The molecule has 2 atom stereocenters. The molecule has 0 aromatic heterocycles. The molecule has 0 radical (unpaired) electrons. The zero-order chi connectivity index (χ0) is 10.4.